The molecule has 106 valence electrons. The lowest BCUT2D eigenvalue weighted by atomic mass is 10.2. The SMILES string of the molecule is COCCN(CC(C)C)c1cccc(C(N)=NO)n1. The Hall–Kier alpha value is -1.82. The van der Waals surface area contributed by atoms with Gasteiger partial charge < -0.3 is 20.6 Å². The van der Waals surface area contributed by atoms with Crippen molar-refractivity contribution >= 4 is 11.7 Å². The molecular weight excluding hydrogens is 244 g/mol. The number of anilines is 1. The summed E-state index contributed by atoms with van der Waals surface area (Å²) in [6.07, 6.45) is 0. The zero-order chi connectivity index (χ0) is 14.3. The minimum atomic E-state index is 0.0121. The summed E-state index contributed by atoms with van der Waals surface area (Å²) >= 11 is 0. The van der Waals surface area contributed by atoms with E-state index in [1.54, 1.807) is 13.2 Å². The number of pyridine rings is 1. The normalized spacial score (nSPS) is 11.9. The van der Waals surface area contributed by atoms with Gasteiger partial charge in [-0.3, -0.25) is 0 Å². The zero-order valence-electron chi connectivity index (χ0n) is 11.7. The molecule has 0 unspecified atom stereocenters. The molecule has 19 heavy (non-hydrogen) atoms. The summed E-state index contributed by atoms with van der Waals surface area (Å²) < 4.78 is 5.12. The molecule has 0 aliphatic carbocycles. The number of nitrogens with two attached hydrogens (primary N) is 1. The van der Waals surface area contributed by atoms with E-state index in [4.69, 9.17) is 15.7 Å². The van der Waals surface area contributed by atoms with E-state index in [1.807, 2.05) is 12.1 Å². The van der Waals surface area contributed by atoms with Crippen molar-refractivity contribution in [2.24, 2.45) is 16.8 Å². The fourth-order valence-electron chi connectivity index (χ4n) is 1.73. The topological polar surface area (TPSA) is 84.0 Å². The molecular formula is C13H22N4O2. The van der Waals surface area contributed by atoms with Gasteiger partial charge in [-0.2, -0.15) is 0 Å². The Balaban J connectivity index is 2.94. The molecule has 0 atom stereocenters. The molecule has 0 spiro atoms. The molecule has 1 heterocycles. The first-order valence-corrected chi connectivity index (χ1v) is 6.27. The third kappa shape index (κ3) is 4.75. The van der Waals surface area contributed by atoms with E-state index in [2.05, 4.69) is 28.9 Å². The molecule has 0 aliphatic heterocycles. The molecule has 3 N–H and O–H groups in total. The predicted octanol–water partition coefficient (Wildman–Crippen LogP) is 1.28. The Morgan fingerprint density at radius 3 is 2.84 bits per heavy atom. The van der Waals surface area contributed by atoms with Gasteiger partial charge in [-0.25, -0.2) is 4.98 Å². The standard InChI is InChI=1S/C13H22N4O2/c1-10(2)9-17(7-8-19-3)12-6-4-5-11(15-12)13(14)16-18/h4-6,10,18H,7-9H2,1-3H3,(H2,14,16). The van der Waals surface area contributed by atoms with Crippen LogP contribution in [0.4, 0.5) is 5.82 Å². The lowest BCUT2D eigenvalue weighted by Gasteiger charge is -2.25. The molecule has 1 aromatic rings. The molecule has 1 rings (SSSR count). The summed E-state index contributed by atoms with van der Waals surface area (Å²) in [7, 11) is 1.67. The average molecular weight is 266 g/mol. The minimum absolute atomic E-state index is 0.0121. The van der Waals surface area contributed by atoms with Gasteiger partial charge >= 0.3 is 0 Å². The van der Waals surface area contributed by atoms with Crippen LogP contribution < -0.4 is 10.6 Å². The van der Waals surface area contributed by atoms with Crippen LogP contribution in [0.3, 0.4) is 0 Å². The summed E-state index contributed by atoms with van der Waals surface area (Å²) in [4.78, 5) is 6.53. The number of hydrogen-bond donors (Lipinski definition) is 2. The average Bonchev–Trinajstić information content (AvgIpc) is 2.42. The second kappa shape index (κ2) is 7.58. The van der Waals surface area contributed by atoms with Crippen LogP contribution in [-0.4, -0.2) is 42.8 Å². The second-order valence-corrected chi connectivity index (χ2v) is 4.70. The highest BCUT2D eigenvalue weighted by Crippen LogP contribution is 2.13. The van der Waals surface area contributed by atoms with E-state index in [9.17, 15) is 0 Å². The fourth-order valence-corrected chi connectivity index (χ4v) is 1.73. The Labute approximate surface area is 113 Å². The number of aromatic nitrogens is 1. The van der Waals surface area contributed by atoms with Gasteiger partial charge in [0.25, 0.3) is 0 Å². The molecule has 0 saturated heterocycles. The summed E-state index contributed by atoms with van der Waals surface area (Å²) in [6, 6.07) is 5.46. The molecule has 6 heteroatoms. The molecule has 6 nitrogen and oxygen atoms in total. The maximum atomic E-state index is 8.69. The van der Waals surface area contributed by atoms with Crippen molar-refractivity contribution in [2.45, 2.75) is 13.8 Å². The highest BCUT2D eigenvalue weighted by atomic mass is 16.5. The molecule has 0 saturated carbocycles. The third-order valence-corrected chi connectivity index (χ3v) is 2.58. The molecule has 0 amide bonds. The summed E-state index contributed by atoms with van der Waals surface area (Å²) in [5.41, 5.74) is 6.02. The van der Waals surface area contributed by atoms with Crippen molar-refractivity contribution in [3.8, 4) is 0 Å². The number of ether oxygens (including phenoxy) is 1. The lowest BCUT2D eigenvalue weighted by Crippen LogP contribution is -2.32. The second-order valence-electron chi connectivity index (χ2n) is 4.70. The van der Waals surface area contributed by atoms with Crippen molar-refractivity contribution < 1.29 is 9.94 Å². The monoisotopic (exact) mass is 266 g/mol. The summed E-state index contributed by atoms with van der Waals surface area (Å²) in [5.74, 6) is 1.32. The Morgan fingerprint density at radius 2 is 2.26 bits per heavy atom. The molecule has 0 aromatic carbocycles. The van der Waals surface area contributed by atoms with Crippen LogP contribution in [0.25, 0.3) is 0 Å². The Kier molecular flexibility index (Phi) is 6.08. The number of hydrogen-bond acceptors (Lipinski definition) is 5. The number of amidine groups is 1. The van der Waals surface area contributed by atoms with E-state index >= 15 is 0 Å². The van der Waals surface area contributed by atoms with Crippen molar-refractivity contribution in [1.82, 2.24) is 4.98 Å². The minimum Gasteiger partial charge on any atom is -0.409 e. The van der Waals surface area contributed by atoms with Crippen LogP contribution in [0.15, 0.2) is 23.4 Å². The molecule has 1 aromatic heterocycles. The number of nitrogens with zero attached hydrogens (tertiary/aromatic N) is 3. The maximum absolute atomic E-state index is 8.69. The smallest absolute Gasteiger partial charge is 0.188 e. The van der Waals surface area contributed by atoms with E-state index in [-0.39, 0.29) is 5.84 Å². The zero-order valence-corrected chi connectivity index (χ0v) is 11.7. The predicted molar refractivity (Wildman–Crippen MR) is 75.7 cm³/mol. The molecule has 0 bridgehead atoms. The number of oxime groups is 1. The van der Waals surface area contributed by atoms with E-state index < -0.39 is 0 Å². The van der Waals surface area contributed by atoms with Crippen LogP contribution in [-0.2, 0) is 4.74 Å². The lowest BCUT2D eigenvalue weighted by molar-refractivity contribution is 0.204. The summed E-state index contributed by atoms with van der Waals surface area (Å²) in [5, 5.41) is 11.7. The van der Waals surface area contributed by atoms with E-state index in [0.717, 1.165) is 18.9 Å². The van der Waals surface area contributed by atoms with Crippen molar-refractivity contribution in [3.05, 3.63) is 23.9 Å². The van der Waals surface area contributed by atoms with Crippen LogP contribution in [0.1, 0.15) is 19.5 Å². The van der Waals surface area contributed by atoms with Crippen molar-refractivity contribution in [3.63, 3.8) is 0 Å². The molecule has 0 fully saturated rings. The first kappa shape index (κ1) is 15.2. The maximum Gasteiger partial charge on any atom is 0.188 e. The van der Waals surface area contributed by atoms with Crippen LogP contribution in [0, 0.1) is 5.92 Å². The highest BCUT2D eigenvalue weighted by molar-refractivity contribution is 5.95. The number of rotatable bonds is 7. The Bertz CT molecular complexity index is 421. The first-order chi connectivity index (χ1) is 9.08. The van der Waals surface area contributed by atoms with Crippen LogP contribution in [0.2, 0.25) is 0 Å². The van der Waals surface area contributed by atoms with Gasteiger partial charge in [0, 0.05) is 20.2 Å². The number of methoxy groups -OCH3 is 1. The van der Waals surface area contributed by atoms with Gasteiger partial charge in [-0.05, 0) is 18.1 Å². The van der Waals surface area contributed by atoms with Gasteiger partial charge in [-0.1, -0.05) is 25.1 Å². The van der Waals surface area contributed by atoms with Gasteiger partial charge in [0.2, 0.25) is 0 Å². The molecule has 0 radical (unpaired) electrons. The quantitative estimate of drug-likeness (QED) is 0.336. The highest BCUT2D eigenvalue weighted by Gasteiger charge is 2.11. The fraction of sp³-hybridized carbons (Fsp3) is 0.538. The Morgan fingerprint density at radius 1 is 1.53 bits per heavy atom. The van der Waals surface area contributed by atoms with E-state index in [0.29, 0.717) is 18.2 Å². The van der Waals surface area contributed by atoms with Crippen molar-refractivity contribution in [2.75, 3.05) is 31.7 Å². The van der Waals surface area contributed by atoms with Gasteiger partial charge in [0.1, 0.15) is 11.5 Å². The van der Waals surface area contributed by atoms with Gasteiger partial charge in [0.15, 0.2) is 5.84 Å². The van der Waals surface area contributed by atoms with Gasteiger partial charge in [0.05, 0.1) is 6.61 Å². The van der Waals surface area contributed by atoms with E-state index in [1.165, 1.54) is 0 Å². The van der Waals surface area contributed by atoms with Crippen LogP contribution in [0.5, 0.6) is 0 Å². The first-order valence-electron chi connectivity index (χ1n) is 6.27. The van der Waals surface area contributed by atoms with Gasteiger partial charge in [-0.15, -0.1) is 0 Å². The largest absolute Gasteiger partial charge is 0.409 e. The van der Waals surface area contributed by atoms with Crippen molar-refractivity contribution in [1.29, 1.82) is 0 Å². The third-order valence-electron chi connectivity index (χ3n) is 2.58. The van der Waals surface area contributed by atoms with Crippen LogP contribution >= 0.6 is 0 Å². The summed E-state index contributed by atoms with van der Waals surface area (Å²) in [6.45, 7) is 6.54. The molecule has 0 aliphatic rings.